The lowest BCUT2D eigenvalue weighted by atomic mass is 10.1. The van der Waals surface area contributed by atoms with E-state index in [0.717, 1.165) is 10.5 Å². The number of nitrogens with zero attached hydrogens (tertiary/aromatic N) is 2. The summed E-state index contributed by atoms with van der Waals surface area (Å²) in [5, 5.41) is 13.5. The third-order valence-corrected chi connectivity index (χ3v) is 4.68. The quantitative estimate of drug-likeness (QED) is 0.510. The summed E-state index contributed by atoms with van der Waals surface area (Å²) in [5.41, 5.74) is 2.64. The third kappa shape index (κ3) is 4.03. The first-order valence-electron chi connectivity index (χ1n) is 8.29. The first-order valence-corrected chi connectivity index (χ1v) is 9.51. The van der Waals surface area contributed by atoms with Gasteiger partial charge in [-0.3, -0.25) is 0 Å². The molecule has 3 aromatic rings. The van der Waals surface area contributed by atoms with Gasteiger partial charge in [-0.15, -0.1) is 11.8 Å². The number of hydrogen-bond donors (Lipinski definition) is 1. The summed E-state index contributed by atoms with van der Waals surface area (Å²) in [5.74, 6) is -1.50. The fourth-order valence-electron chi connectivity index (χ4n) is 2.60. The second-order valence-electron chi connectivity index (χ2n) is 5.63. The highest BCUT2D eigenvalue weighted by molar-refractivity contribution is 7.98. The number of esters is 1. The van der Waals surface area contributed by atoms with Crippen molar-refractivity contribution in [2.75, 3.05) is 12.9 Å². The van der Waals surface area contributed by atoms with Crippen molar-refractivity contribution in [1.29, 1.82) is 0 Å². The van der Waals surface area contributed by atoms with Gasteiger partial charge in [-0.25, -0.2) is 14.3 Å². The van der Waals surface area contributed by atoms with Crippen LogP contribution in [0.15, 0.2) is 59.5 Å². The zero-order valence-corrected chi connectivity index (χ0v) is 15.7. The van der Waals surface area contributed by atoms with E-state index in [9.17, 15) is 9.59 Å². The molecule has 3 rings (SSSR count). The van der Waals surface area contributed by atoms with Gasteiger partial charge in [0.05, 0.1) is 23.6 Å². The zero-order valence-electron chi connectivity index (χ0n) is 14.9. The van der Waals surface area contributed by atoms with Crippen LogP contribution < -0.4 is 0 Å². The number of thioether (sulfide) groups is 1. The molecule has 0 fully saturated rings. The van der Waals surface area contributed by atoms with E-state index in [1.807, 2.05) is 30.5 Å². The van der Waals surface area contributed by atoms with Gasteiger partial charge in [-0.05, 0) is 55.6 Å². The molecule has 0 atom stereocenters. The summed E-state index contributed by atoms with van der Waals surface area (Å²) >= 11 is 1.64. The van der Waals surface area contributed by atoms with Gasteiger partial charge in [-0.2, -0.15) is 5.10 Å². The Hall–Kier alpha value is -3.06. The van der Waals surface area contributed by atoms with E-state index in [1.54, 1.807) is 41.6 Å². The Morgan fingerprint density at radius 3 is 2.33 bits per heavy atom. The average molecular weight is 382 g/mol. The molecule has 27 heavy (non-hydrogen) atoms. The molecule has 2 aromatic carbocycles. The Labute approximate surface area is 160 Å². The predicted molar refractivity (Wildman–Crippen MR) is 104 cm³/mol. The highest BCUT2D eigenvalue weighted by Gasteiger charge is 2.18. The van der Waals surface area contributed by atoms with Crippen molar-refractivity contribution in [3.63, 3.8) is 0 Å². The number of carbonyl (C=O) groups is 2. The lowest BCUT2D eigenvalue weighted by molar-refractivity contribution is 0.0518. The molecule has 0 bridgehead atoms. The minimum Gasteiger partial charge on any atom is -0.478 e. The summed E-state index contributed by atoms with van der Waals surface area (Å²) < 4.78 is 6.68. The van der Waals surface area contributed by atoms with Crippen LogP contribution in [0.2, 0.25) is 0 Å². The second kappa shape index (κ2) is 8.09. The van der Waals surface area contributed by atoms with Crippen molar-refractivity contribution in [2.45, 2.75) is 11.8 Å². The lowest BCUT2D eigenvalue weighted by Gasteiger charge is -2.08. The molecule has 0 saturated heterocycles. The summed E-state index contributed by atoms with van der Waals surface area (Å²) in [6.07, 6.45) is 2.00. The van der Waals surface area contributed by atoms with Crippen molar-refractivity contribution >= 4 is 23.7 Å². The first-order chi connectivity index (χ1) is 13.0. The van der Waals surface area contributed by atoms with Crippen LogP contribution in [0, 0.1) is 0 Å². The summed E-state index contributed by atoms with van der Waals surface area (Å²) in [6, 6.07) is 15.9. The fourth-order valence-corrected chi connectivity index (χ4v) is 3.00. The molecule has 0 spiro atoms. The van der Waals surface area contributed by atoms with Gasteiger partial charge in [0.1, 0.15) is 0 Å². The van der Waals surface area contributed by atoms with E-state index < -0.39 is 11.9 Å². The maximum atomic E-state index is 12.1. The van der Waals surface area contributed by atoms with Crippen LogP contribution in [-0.4, -0.2) is 39.7 Å². The highest BCUT2D eigenvalue weighted by Crippen LogP contribution is 2.27. The zero-order chi connectivity index (χ0) is 19.4. The minimum absolute atomic E-state index is 0.183. The van der Waals surface area contributed by atoms with E-state index >= 15 is 0 Å². The van der Waals surface area contributed by atoms with E-state index in [-0.39, 0.29) is 17.9 Å². The summed E-state index contributed by atoms with van der Waals surface area (Å²) in [6.45, 7) is 2.00. The molecule has 7 heteroatoms. The summed E-state index contributed by atoms with van der Waals surface area (Å²) in [7, 11) is 0. The van der Waals surface area contributed by atoms with E-state index in [4.69, 9.17) is 9.84 Å². The van der Waals surface area contributed by atoms with E-state index in [0.29, 0.717) is 11.4 Å². The average Bonchev–Trinajstić information content (AvgIpc) is 3.14. The maximum absolute atomic E-state index is 12.1. The van der Waals surface area contributed by atoms with Crippen LogP contribution >= 0.6 is 11.8 Å². The van der Waals surface area contributed by atoms with Crippen molar-refractivity contribution in [2.24, 2.45) is 0 Å². The number of hydrogen-bond acceptors (Lipinski definition) is 5. The topological polar surface area (TPSA) is 81.4 Å². The molecule has 0 aliphatic rings. The number of benzene rings is 2. The number of aromatic nitrogens is 2. The fraction of sp³-hybridized carbons (Fsp3) is 0.150. The molecule has 138 valence electrons. The van der Waals surface area contributed by atoms with Crippen molar-refractivity contribution in [3.05, 3.63) is 65.9 Å². The van der Waals surface area contributed by atoms with Gasteiger partial charge < -0.3 is 9.84 Å². The molecule has 0 saturated carbocycles. The number of ether oxygens (including phenoxy) is 1. The molecule has 1 aromatic heterocycles. The number of rotatable bonds is 6. The molecular weight excluding hydrogens is 364 g/mol. The molecule has 0 aliphatic heterocycles. The summed E-state index contributed by atoms with van der Waals surface area (Å²) in [4.78, 5) is 24.3. The Morgan fingerprint density at radius 2 is 1.78 bits per heavy atom. The third-order valence-electron chi connectivity index (χ3n) is 3.94. The molecule has 1 N–H and O–H groups in total. The monoisotopic (exact) mass is 382 g/mol. The second-order valence-corrected chi connectivity index (χ2v) is 6.51. The van der Waals surface area contributed by atoms with E-state index in [1.165, 1.54) is 12.1 Å². The number of carboxylic acids is 1. The van der Waals surface area contributed by atoms with Crippen molar-refractivity contribution < 1.29 is 19.4 Å². The first kappa shape index (κ1) is 18.7. The van der Waals surface area contributed by atoms with Crippen molar-refractivity contribution in [3.8, 4) is 16.9 Å². The lowest BCUT2D eigenvalue weighted by Crippen LogP contribution is -2.07. The number of carboxylic acid groups (broad SMARTS) is 1. The smallest absolute Gasteiger partial charge is 0.358 e. The highest BCUT2D eigenvalue weighted by atomic mass is 32.2. The number of carbonyl (C=O) groups excluding carboxylic acids is 1. The molecule has 0 aliphatic carbocycles. The van der Waals surface area contributed by atoms with Gasteiger partial charge in [0.15, 0.2) is 5.69 Å². The van der Waals surface area contributed by atoms with Crippen LogP contribution in [0.1, 0.15) is 27.8 Å². The van der Waals surface area contributed by atoms with Gasteiger partial charge >= 0.3 is 11.9 Å². The maximum Gasteiger partial charge on any atom is 0.358 e. The van der Waals surface area contributed by atoms with Crippen LogP contribution in [0.4, 0.5) is 0 Å². The molecule has 0 unspecified atom stereocenters. The standard InChI is InChI=1S/C20H18N2O4S/c1-3-26-20(25)17-12-18(13-6-10-16(27-2)11-7-13)22(21-17)15-8-4-14(5-9-15)19(23)24/h4-12H,3H2,1-2H3,(H,23,24). The van der Waals surface area contributed by atoms with Crippen LogP contribution in [0.3, 0.4) is 0 Å². The number of aromatic carboxylic acids is 1. The Balaban J connectivity index is 2.09. The van der Waals surface area contributed by atoms with Gasteiger partial charge in [0.2, 0.25) is 0 Å². The Bertz CT molecular complexity index is 963. The van der Waals surface area contributed by atoms with Crippen LogP contribution in [0.5, 0.6) is 0 Å². The molecular formula is C20H18N2O4S. The SMILES string of the molecule is CCOC(=O)c1cc(-c2ccc(SC)cc2)n(-c2ccc(C(=O)O)cc2)n1. The Morgan fingerprint density at radius 1 is 1.11 bits per heavy atom. The van der Waals surface area contributed by atoms with Gasteiger partial charge in [0.25, 0.3) is 0 Å². The van der Waals surface area contributed by atoms with E-state index in [2.05, 4.69) is 5.10 Å². The Kier molecular flexibility index (Phi) is 5.61. The van der Waals surface area contributed by atoms with Gasteiger partial charge in [-0.1, -0.05) is 12.1 Å². The van der Waals surface area contributed by atoms with Crippen LogP contribution in [0.25, 0.3) is 16.9 Å². The largest absolute Gasteiger partial charge is 0.478 e. The van der Waals surface area contributed by atoms with Gasteiger partial charge in [0, 0.05) is 10.5 Å². The molecule has 0 amide bonds. The predicted octanol–water partition coefficient (Wildman–Crippen LogP) is 4.14. The van der Waals surface area contributed by atoms with Crippen molar-refractivity contribution in [1.82, 2.24) is 9.78 Å². The normalized spacial score (nSPS) is 10.6. The molecule has 6 nitrogen and oxygen atoms in total. The van der Waals surface area contributed by atoms with Crippen LogP contribution in [-0.2, 0) is 4.74 Å². The molecule has 0 radical (unpaired) electrons. The molecule has 1 heterocycles. The minimum atomic E-state index is -0.998.